The Kier molecular flexibility index (Phi) is 4.44. The summed E-state index contributed by atoms with van der Waals surface area (Å²) < 4.78 is 5.33. The molecule has 1 saturated carbocycles. The summed E-state index contributed by atoms with van der Waals surface area (Å²) in [5, 5.41) is 6.45. The maximum Gasteiger partial charge on any atom is 0.238 e. The zero-order valence-electron chi connectivity index (χ0n) is 10.3. The minimum atomic E-state index is -0.0536. The summed E-state index contributed by atoms with van der Waals surface area (Å²) in [6.45, 7) is 2.81. The monoisotopic (exact) mass is 268 g/mol. The van der Waals surface area contributed by atoms with Crippen molar-refractivity contribution < 1.29 is 9.53 Å². The van der Waals surface area contributed by atoms with Crippen molar-refractivity contribution in [1.82, 2.24) is 5.32 Å². The topological polar surface area (TPSA) is 50.4 Å². The Morgan fingerprint density at radius 1 is 1.50 bits per heavy atom. The molecule has 1 fully saturated rings. The molecule has 2 rings (SSSR count). The van der Waals surface area contributed by atoms with Crippen LogP contribution in [0.5, 0.6) is 5.75 Å². The van der Waals surface area contributed by atoms with Crippen LogP contribution in [-0.4, -0.2) is 25.1 Å². The fraction of sp³-hybridized carbons (Fsp3) is 0.462. The van der Waals surface area contributed by atoms with Crippen LogP contribution in [-0.2, 0) is 4.79 Å². The highest BCUT2D eigenvalue weighted by molar-refractivity contribution is 6.32. The van der Waals surface area contributed by atoms with Crippen molar-refractivity contribution in [2.45, 2.75) is 25.8 Å². The third-order valence-electron chi connectivity index (χ3n) is 2.64. The van der Waals surface area contributed by atoms with Gasteiger partial charge in [-0.2, -0.15) is 0 Å². The lowest BCUT2D eigenvalue weighted by Crippen LogP contribution is -2.29. The maximum absolute atomic E-state index is 11.6. The first-order valence-electron chi connectivity index (χ1n) is 6.14. The lowest BCUT2D eigenvalue weighted by molar-refractivity contribution is -0.115. The molecule has 1 aromatic rings. The molecule has 0 saturated heterocycles. The average Bonchev–Trinajstić information content (AvgIpc) is 3.14. The van der Waals surface area contributed by atoms with Crippen LogP contribution >= 0.6 is 11.6 Å². The number of halogens is 1. The van der Waals surface area contributed by atoms with Gasteiger partial charge in [-0.15, -0.1) is 0 Å². The number of anilines is 1. The largest absolute Gasteiger partial charge is 0.492 e. The zero-order chi connectivity index (χ0) is 13.0. The van der Waals surface area contributed by atoms with Gasteiger partial charge in [0, 0.05) is 11.7 Å². The van der Waals surface area contributed by atoms with E-state index >= 15 is 0 Å². The lowest BCUT2D eigenvalue weighted by atomic mass is 10.3. The van der Waals surface area contributed by atoms with E-state index in [9.17, 15) is 4.79 Å². The summed E-state index contributed by atoms with van der Waals surface area (Å²) >= 11 is 6.04. The second-order valence-corrected chi connectivity index (χ2v) is 4.69. The number of ether oxygens (including phenoxy) is 1. The van der Waals surface area contributed by atoms with Crippen LogP contribution in [0, 0.1) is 0 Å². The van der Waals surface area contributed by atoms with E-state index in [0.717, 1.165) is 0 Å². The molecule has 1 aliphatic carbocycles. The highest BCUT2D eigenvalue weighted by Gasteiger charge is 2.21. The van der Waals surface area contributed by atoms with E-state index in [1.807, 2.05) is 6.92 Å². The van der Waals surface area contributed by atoms with E-state index in [-0.39, 0.29) is 5.91 Å². The molecule has 1 amide bonds. The van der Waals surface area contributed by atoms with Gasteiger partial charge in [-0.3, -0.25) is 4.79 Å². The summed E-state index contributed by atoms with van der Waals surface area (Å²) in [5.41, 5.74) is 0.686. The number of hydrogen-bond acceptors (Lipinski definition) is 3. The second kappa shape index (κ2) is 6.07. The highest BCUT2D eigenvalue weighted by atomic mass is 35.5. The standard InChI is InChI=1S/C13H17ClN2O2/c1-2-18-12-6-5-10(7-11(12)14)16-13(17)8-15-9-3-4-9/h5-7,9,15H,2-4,8H2,1H3,(H,16,17). The zero-order valence-corrected chi connectivity index (χ0v) is 11.1. The fourth-order valence-electron chi connectivity index (χ4n) is 1.58. The van der Waals surface area contributed by atoms with Gasteiger partial charge in [0.05, 0.1) is 18.2 Å². The molecule has 0 atom stereocenters. The van der Waals surface area contributed by atoms with Crippen LogP contribution in [0.3, 0.4) is 0 Å². The van der Waals surface area contributed by atoms with E-state index < -0.39 is 0 Å². The van der Waals surface area contributed by atoms with Crippen molar-refractivity contribution in [3.8, 4) is 5.75 Å². The minimum Gasteiger partial charge on any atom is -0.492 e. The molecule has 0 spiro atoms. The Hall–Kier alpha value is -1.26. The van der Waals surface area contributed by atoms with Crippen molar-refractivity contribution in [1.29, 1.82) is 0 Å². The van der Waals surface area contributed by atoms with Gasteiger partial charge in [0.15, 0.2) is 0 Å². The van der Waals surface area contributed by atoms with Gasteiger partial charge in [-0.1, -0.05) is 11.6 Å². The summed E-state index contributed by atoms with van der Waals surface area (Å²) in [6, 6.07) is 5.77. The fourth-order valence-corrected chi connectivity index (χ4v) is 1.82. The predicted octanol–water partition coefficient (Wildman–Crippen LogP) is 2.43. The van der Waals surface area contributed by atoms with Crippen molar-refractivity contribution in [2.24, 2.45) is 0 Å². The summed E-state index contributed by atoms with van der Waals surface area (Å²) in [4.78, 5) is 11.6. The molecular formula is C13H17ClN2O2. The molecule has 4 nitrogen and oxygen atoms in total. The van der Waals surface area contributed by atoms with Crippen LogP contribution in [0.15, 0.2) is 18.2 Å². The molecule has 0 heterocycles. The van der Waals surface area contributed by atoms with E-state index in [0.29, 0.717) is 35.7 Å². The lowest BCUT2D eigenvalue weighted by Gasteiger charge is -2.09. The minimum absolute atomic E-state index is 0.0536. The molecule has 2 N–H and O–H groups in total. The average molecular weight is 269 g/mol. The number of nitrogens with one attached hydrogen (secondary N) is 2. The number of carbonyl (C=O) groups is 1. The Morgan fingerprint density at radius 2 is 2.28 bits per heavy atom. The van der Waals surface area contributed by atoms with Crippen molar-refractivity contribution in [3.63, 3.8) is 0 Å². The van der Waals surface area contributed by atoms with Gasteiger partial charge in [-0.05, 0) is 38.0 Å². The molecular weight excluding hydrogens is 252 g/mol. The SMILES string of the molecule is CCOc1ccc(NC(=O)CNC2CC2)cc1Cl. The van der Waals surface area contributed by atoms with Gasteiger partial charge in [0.2, 0.25) is 5.91 Å². The van der Waals surface area contributed by atoms with Crippen LogP contribution in [0.2, 0.25) is 5.02 Å². The quantitative estimate of drug-likeness (QED) is 0.833. The molecule has 1 aliphatic rings. The number of amides is 1. The highest BCUT2D eigenvalue weighted by Crippen LogP contribution is 2.27. The Balaban J connectivity index is 1.87. The summed E-state index contributed by atoms with van der Waals surface area (Å²) in [7, 11) is 0. The van der Waals surface area contributed by atoms with E-state index in [2.05, 4.69) is 10.6 Å². The molecule has 0 aromatic heterocycles. The summed E-state index contributed by atoms with van der Waals surface area (Å²) in [5.74, 6) is 0.579. The number of benzene rings is 1. The van der Waals surface area contributed by atoms with E-state index in [1.54, 1.807) is 18.2 Å². The summed E-state index contributed by atoms with van der Waals surface area (Å²) in [6.07, 6.45) is 2.34. The maximum atomic E-state index is 11.6. The van der Waals surface area contributed by atoms with Gasteiger partial charge in [0.25, 0.3) is 0 Å². The number of rotatable bonds is 6. The molecule has 0 radical (unpaired) electrons. The molecule has 0 unspecified atom stereocenters. The van der Waals surface area contributed by atoms with Gasteiger partial charge in [0.1, 0.15) is 5.75 Å². The van der Waals surface area contributed by atoms with Gasteiger partial charge in [-0.25, -0.2) is 0 Å². The van der Waals surface area contributed by atoms with Crippen LogP contribution in [0.25, 0.3) is 0 Å². The van der Waals surface area contributed by atoms with Crippen molar-refractivity contribution in [3.05, 3.63) is 23.2 Å². The smallest absolute Gasteiger partial charge is 0.238 e. The molecule has 98 valence electrons. The van der Waals surface area contributed by atoms with Gasteiger partial charge >= 0.3 is 0 Å². The Morgan fingerprint density at radius 3 is 2.89 bits per heavy atom. The Labute approximate surface area is 112 Å². The third-order valence-corrected chi connectivity index (χ3v) is 2.94. The number of carbonyl (C=O) groups excluding carboxylic acids is 1. The number of hydrogen-bond donors (Lipinski definition) is 2. The van der Waals surface area contributed by atoms with Crippen LogP contribution < -0.4 is 15.4 Å². The first-order chi connectivity index (χ1) is 8.69. The molecule has 1 aromatic carbocycles. The van der Waals surface area contributed by atoms with E-state index in [1.165, 1.54) is 12.8 Å². The first kappa shape index (κ1) is 13.2. The van der Waals surface area contributed by atoms with Crippen molar-refractivity contribution in [2.75, 3.05) is 18.5 Å². The first-order valence-corrected chi connectivity index (χ1v) is 6.52. The van der Waals surface area contributed by atoms with Gasteiger partial charge < -0.3 is 15.4 Å². The predicted molar refractivity (Wildman–Crippen MR) is 72.3 cm³/mol. The van der Waals surface area contributed by atoms with Crippen LogP contribution in [0.4, 0.5) is 5.69 Å². The molecule has 5 heteroatoms. The normalized spacial score (nSPS) is 14.3. The third kappa shape index (κ3) is 3.89. The second-order valence-electron chi connectivity index (χ2n) is 4.28. The molecule has 0 bridgehead atoms. The Bertz CT molecular complexity index is 433. The van der Waals surface area contributed by atoms with Crippen molar-refractivity contribution >= 4 is 23.2 Å². The van der Waals surface area contributed by atoms with Crippen LogP contribution in [0.1, 0.15) is 19.8 Å². The molecule has 18 heavy (non-hydrogen) atoms. The van der Waals surface area contributed by atoms with E-state index in [4.69, 9.17) is 16.3 Å². The molecule has 0 aliphatic heterocycles.